The molecule has 0 unspecified atom stereocenters. The average molecular weight is 234 g/mol. The second-order valence-corrected chi connectivity index (χ2v) is 3.69. The third-order valence-corrected chi connectivity index (χ3v) is 2.50. The zero-order chi connectivity index (χ0) is 12.3. The second-order valence-electron chi connectivity index (χ2n) is 3.69. The molecule has 2 rings (SSSR count). The Balaban J connectivity index is 2.57. The molecular formula is C13H12F2N2. The summed E-state index contributed by atoms with van der Waals surface area (Å²) in [5, 5.41) is 2.97. The van der Waals surface area contributed by atoms with Gasteiger partial charge in [0.15, 0.2) is 0 Å². The Kier molecular flexibility index (Phi) is 3.44. The van der Waals surface area contributed by atoms with Crippen molar-refractivity contribution in [3.05, 3.63) is 53.9 Å². The first-order valence-electron chi connectivity index (χ1n) is 5.25. The number of rotatable bonds is 3. The van der Waals surface area contributed by atoms with E-state index in [4.69, 9.17) is 0 Å². The predicted molar refractivity (Wildman–Crippen MR) is 62.4 cm³/mol. The number of hydrogen-bond acceptors (Lipinski definition) is 2. The molecule has 0 aliphatic carbocycles. The van der Waals surface area contributed by atoms with Crippen LogP contribution in [0.25, 0.3) is 11.1 Å². The van der Waals surface area contributed by atoms with E-state index < -0.39 is 5.82 Å². The van der Waals surface area contributed by atoms with Gasteiger partial charge in [0.25, 0.3) is 0 Å². The van der Waals surface area contributed by atoms with Crippen LogP contribution in [-0.4, -0.2) is 12.0 Å². The Bertz CT molecular complexity index is 527. The van der Waals surface area contributed by atoms with Gasteiger partial charge < -0.3 is 5.32 Å². The molecule has 0 spiro atoms. The van der Waals surface area contributed by atoms with Crippen molar-refractivity contribution in [3.8, 4) is 11.1 Å². The fourth-order valence-electron chi connectivity index (χ4n) is 1.74. The first-order chi connectivity index (χ1) is 8.22. The average Bonchev–Trinajstić information content (AvgIpc) is 2.32. The minimum Gasteiger partial charge on any atom is -0.316 e. The summed E-state index contributed by atoms with van der Waals surface area (Å²) in [4.78, 5) is 3.68. The zero-order valence-corrected chi connectivity index (χ0v) is 9.37. The van der Waals surface area contributed by atoms with E-state index >= 15 is 0 Å². The number of benzene rings is 1. The Morgan fingerprint density at radius 1 is 1.18 bits per heavy atom. The molecule has 17 heavy (non-hydrogen) atoms. The molecule has 0 saturated heterocycles. The summed E-state index contributed by atoms with van der Waals surface area (Å²) < 4.78 is 26.9. The van der Waals surface area contributed by atoms with Gasteiger partial charge in [0.1, 0.15) is 11.6 Å². The number of nitrogens with one attached hydrogen (secondary N) is 1. The maximum absolute atomic E-state index is 13.6. The Hall–Kier alpha value is -1.81. The van der Waals surface area contributed by atoms with Crippen molar-refractivity contribution < 1.29 is 8.78 Å². The van der Waals surface area contributed by atoms with E-state index in [0.717, 1.165) is 11.8 Å². The Labute approximate surface area is 98.3 Å². The van der Waals surface area contributed by atoms with E-state index in [-0.39, 0.29) is 5.82 Å². The lowest BCUT2D eigenvalue weighted by molar-refractivity contribution is 0.620. The van der Waals surface area contributed by atoms with Gasteiger partial charge in [-0.25, -0.2) is 8.78 Å². The first-order valence-corrected chi connectivity index (χ1v) is 5.25. The maximum Gasteiger partial charge on any atom is 0.149 e. The van der Waals surface area contributed by atoms with Crippen molar-refractivity contribution in [1.29, 1.82) is 0 Å². The van der Waals surface area contributed by atoms with Crippen LogP contribution in [0.2, 0.25) is 0 Å². The van der Waals surface area contributed by atoms with Crippen molar-refractivity contribution >= 4 is 0 Å². The zero-order valence-electron chi connectivity index (χ0n) is 9.37. The van der Waals surface area contributed by atoms with Crippen LogP contribution in [0.1, 0.15) is 5.56 Å². The van der Waals surface area contributed by atoms with Gasteiger partial charge in [-0.05, 0) is 36.4 Å². The highest BCUT2D eigenvalue weighted by Gasteiger charge is 2.10. The molecule has 1 N–H and O–H groups in total. The summed E-state index contributed by atoms with van der Waals surface area (Å²) in [5.41, 5.74) is 1.77. The summed E-state index contributed by atoms with van der Waals surface area (Å²) in [5.74, 6) is -0.827. The van der Waals surface area contributed by atoms with Crippen LogP contribution in [0, 0.1) is 11.6 Å². The van der Waals surface area contributed by atoms with Crippen molar-refractivity contribution in [2.45, 2.75) is 6.54 Å². The van der Waals surface area contributed by atoms with Gasteiger partial charge in [-0.2, -0.15) is 0 Å². The molecular weight excluding hydrogens is 222 g/mol. The highest BCUT2D eigenvalue weighted by atomic mass is 19.1. The van der Waals surface area contributed by atoms with Gasteiger partial charge in [0, 0.05) is 18.3 Å². The highest BCUT2D eigenvalue weighted by Crippen LogP contribution is 2.26. The summed E-state index contributed by atoms with van der Waals surface area (Å²) in [6, 6.07) is 5.91. The fraction of sp³-hybridized carbons (Fsp3) is 0.154. The third kappa shape index (κ3) is 2.47. The van der Waals surface area contributed by atoms with Crippen LogP contribution >= 0.6 is 0 Å². The normalized spacial score (nSPS) is 10.5. The summed E-state index contributed by atoms with van der Waals surface area (Å²) in [6.45, 7) is 0.553. The van der Waals surface area contributed by atoms with Crippen LogP contribution in [0.5, 0.6) is 0 Å². The molecule has 1 aromatic heterocycles. The van der Waals surface area contributed by atoms with Crippen molar-refractivity contribution in [3.63, 3.8) is 0 Å². The maximum atomic E-state index is 13.6. The van der Waals surface area contributed by atoms with E-state index in [0.29, 0.717) is 17.7 Å². The summed E-state index contributed by atoms with van der Waals surface area (Å²) in [7, 11) is 1.79. The molecule has 0 saturated carbocycles. The van der Waals surface area contributed by atoms with Gasteiger partial charge >= 0.3 is 0 Å². The van der Waals surface area contributed by atoms with Crippen LogP contribution in [0.15, 0.2) is 36.7 Å². The standard InChI is InChI=1S/C13H12F2N2/c1-16-7-9-2-3-10(14)6-12(9)11-4-5-17-8-13(11)15/h2-6,8,16H,7H2,1H3. The molecule has 2 aromatic rings. The van der Waals surface area contributed by atoms with E-state index in [9.17, 15) is 8.78 Å². The van der Waals surface area contributed by atoms with Gasteiger partial charge in [0.2, 0.25) is 0 Å². The Morgan fingerprint density at radius 3 is 2.71 bits per heavy atom. The molecule has 0 radical (unpaired) electrons. The fourth-order valence-corrected chi connectivity index (χ4v) is 1.74. The topological polar surface area (TPSA) is 24.9 Å². The predicted octanol–water partition coefficient (Wildman–Crippen LogP) is 2.75. The van der Waals surface area contributed by atoms with Gasteiger partial charge in [-0.15, -0.1) is 0 Å². The van der Waals surface area contributed by atoms with E-state index in [1.165, 1.54) is 18.3 Å². The van der Waals surface area contributed by atoms with Gasteiger partial charge in [-0.3, -0.25) is 4.98 Å². The largest absolute Gasteiger partial charge is 0.316 e. The molecule has 0 amide bonds. The lowest BCUT2D eigenvalue weighted by Gasteiger charge is -2.10. The molecule has 88 valence electrons. The molecule has 0 fully saturated rings. The highest BCUT2D eigenvalue weighted by molar-refractivity contribution is 5.67. The van der Waals surface area contributed by atoms with Gasteiger partial charge in [0.05, 0.1) is 6.20 Å². The van der Waals surface area contributed by atoms with E-state index in [2.05, 4.69) is 10.3 Å². The van der Waals surface area contributed by atoms with Crippen LogP contribution in [0.3, 0.4) is 0 Å². The number of pyridine rings is 1. The number of halogens is 2. The molecule has 1 heterocycles. The molecule has 4 heteroatoms. The molecule has 2 nitrogen and oxygen atoms in total. The Morgan fingerprint density at radius 2 is 2.00 bits per heavy atom. The molecule has 0 aliphatic rings. The molecule has 1 aromatic carbocycles. The summed E-state index contributed by atoms with van der Waals surface area (Å²) in [6.07, 6.45) is 2.62. The SMILES string of the molecule is CNCc1ccc(F)cc1-c1ccncc1F. The van der Waals surface area contributed by atoms with Crippen LogP contribution in [-0.2, 0) is 6.54 Å². The van der Waals surface area contributed by atoms with E-state index in [1.54, 1.807) is 19.2 Å². The monoisotopic (exact) mass is 234 g/mol. The second kappa shape index (κ2) is 5.01. The van der Waals surface area contributed by atoms with Gasteiger partial charge in [-0.1, -0.05) is 6.07 Å². The van der Waals surface area contributed by atoms with Crippen molar-refractivity contribution in [2.24, 2.45) is 0 Å². The molecule has 0 bridgehead atoms. The van der Waals surface area contributed by atoms with E-state index in [1.807, 2.05) is 0 Å². The lowest BCUT2D eigenvalue weighted by atomic mass is 10.00. The smallest absolute Gasteiger partial charge is 0.149 e. The lowest BCUT2D eigenvalue weighted by Crippen LogP contribution is -2.07. The van der Waals surface area contributed by atoms with Crippen LogP contribution < -0.4 is 5.32 Å². The minimum absolute atomic E-state index is 0.366. The van der Waals surface area contributed by atoms with Crippen molar-refractivity contribution in [1.82, 2.24) is 10.3 Å². The number of hydrogen-bond donors (Lipinski definition) is 1. The molecule has 0 atom stereocenters. The third-order valence-electron chi connectivity index (χ3n) is 2.50. The number of nitrogens with zero attached hydrogens (tertiary/aromatic N) is 1. The first kappa shape index (κ1) is 11.7. The minimum atomic E-state index is -0.449. The van der Waals surface area contributed by atoms with Crippen LogP contribution in [0.4, 0.5) is 8.78 Å². The molecule has 0 aliphatic heterocycles. The quantitative estimate of drug-likeness (QED) is 0.883. The number of aromatic nitrogens is 1. The van der Waals surface area contributed by atoms with Crippen molar-refractivity contribution in [2.75, 3.05) is 7.05 Å². The summed E-state index contributed by atoms with van der Waals surface area (Å²) >= 11 is 0.